The average molecular weight is 372 g/mol. The average Bonchev–Trinajstić information content (AvgIpc) is 2.46. The molecule has 0 bridgehead atoms. The van der Waals surface area contributed by atoms with Gasteiger partial charge in [-0.05, 0) is 48.9 Å². The van der Waals surface area contributed by atoms with E-state index in [4.69, 9.17) is 21.1 Å². The highest BCUT2D eigenvalue weighted by molar-refractivity contribution is 9.10. The molecule has 2 aromatic rings. The maximum absolute atomic E-state index is 9.48. The first-order valence-corrected chi connectivity index (χ1v) is 7.72. The molecule has 112 valence electrons. The van der Waals surface area contributed by atoms with Crippen molar-refractivity contribution in [2.45, 2.75) is 13.0 Å². The second kappa shape index (κ2) is 7.69. The van der Waals surface area contributed by atoms with Crippen LogP contribution < -0.4 is 9.47 Å². The number of halogens is 2. The minimum Gasteiger partial charge on any atom is -0.490 e. The van der Waals surface area contributed by atoms with E-state index in [1.165, 1.54) is 0 Å². The SMILES string of the molecule is C[C@H](O)c1ccc(OCCOc2ccc(Br)cc2)c(Cl)c1. The van der Waals surface area contributed by atoms with E-state index in [0.717, 1.165) is 15.8 Å². The smallest absolute Gasteiger partial charge is 0.138 e. The Morgan fingerprint density at radius 1 is 1.10 bits per heavy atom. The van der Waals surface area contributed by atoms with Crippen molar-refractivity contribution in [3.8, 4) is 11.5 Å². The van der Waals surface area contributed by atoms with E-state index in [1.54, 1.807) is 25.1 Å². The molecule has 0 aliphatic heterocycles. The Hall–Kier alpha value is -1.23. The van der Waals surface area contributed by atoms with E-state index >= 15 is 0 Å². The summed E-state index contributed by atoms with van der Waals surface area (Å²) in [4.78, 5) is 0. The molecule has 0 aliphatic carbocycles. The van der Waals surface area contributed by atoms with Crippen molar-refractivity contribution in [2.24, 2.45) is 0 Å². The van der Waals surface area contributed by atoms with Crippen molar-refractivity contribution >= 4 is 27.5 Å². The highest BCUT2D eigenvalue weighted by Gasteiger charge is 2.06. The fourth-order valence-corrected chi connectivity index (χ4v) is 2.24. The van der Waals surface area contributed by atoms with Crippen LogP contribution in [0.25, 0.3) is 0 Å². The van der Waals surface area contributed by atoms with Crippen LogP contribution in [0.15, 0.2) is 46.9 Å². The summed E-state index contributed by atoms with van der Waals surface area (Å²) in [6.07, 6.45) is -0.544. The molecule has 21 heavy (non-hydrogen) atoms. The largest absolute Gasteiger partial charge is 0.490 e. The minimum atomic E-state index is -0.544. The molecule has 0 aromatic heterocycles. The van der Waals surface area contributed by atoms with Crippen molar-refractivity contribution in [1.29, 1.82) is 0 Å². The molecular weight excluding hydrogens is 356 g/mol. The summed E-state index contributed by atoms with van der Waals surface area (Å²) in [7, 11) is 0. The third kappa shape index (κ3) is 4.92. The lowest BCUT2D eigenvalue weighted by Crippen LogP contribution is -2.09. The number of aliphatic hydroxyl groups excluding tert-OH is 1. The van der Waals surface area contributed by atoms with Crippen molar-refractivity contribution in [3.05, 3.63) is 57.5 Å². The monoisotopic (exact) mass is 370 g/mol. The maximum Gasteiger partial charge on any atom is 0.138 e. The van der Waals surface area contributed by atoms with Gasteiger partial charge < -0.3 is 14.6 Å². The van der Waals surface area contributed by atoms with E-state index in [1.807, 2.05) is 24.3 Å². The van der Waals surface area contributed by atoms with Gasteiger partial charge in [0.1, 0.15) is 24.7 Å². The topological polar surface area (TPSA) is 38.7 Å². The first-order chi connectivity index (χ1) is 10.1. The quantitative estimate of drug-likeness (QED) is 0.753. The Morgan fingerprint density at radius 3 is 2.38 bits per heavy atom. The van der Waals surface area contributed by atoms with E-state index in [-0.39, 0.29) is 0 Å². The van der Waals surface area contributed by atoms with Crippen LogP contribution in [-0.4, -0.2) is 18.3 Å². The molecule has 3 nitrogen and oxygen atoms in total. The Balaban J connectivity index is 1.82. The van der Waals surface area contributed by atoms with Gasteiger partial charge in [-0.15, -0.1) is 0 Å². The lowest BCUT2D eigenvalue weighted by molar-refractivity contribution is 0.198. The van der Waals surface area contributed by atoms with E-state index in [9.17, 15) is 5.11 Å². The second-order valence-corrected chi connectivity index (χ2v) is 5.84. The second-order valence-electron chi connectivity index (χ2n) is 4.52. The number of hydrogen-bond acceptors (Lipinski definition) is 3. The molecule has 0 aliphatic rings. The fraction of sp³-hybridized carbons (Fsp3) is 0.250. The highest BCUT2D eigenvalue weighted by atomic mass is 79.9. The van der Waals surface area contributed by atoms with Gasteiger partial charge in [0.05, 0.1) is 11.1 Å². The van der Waals surface area contributed by atoms with Gasteiger partial charge in [-0.2, -0.15) is 0 Å². The molecule has 0 unspecified atom stereocenters. The summed E-state index contributed by atoms with van der Waals surface area (Å²) < 4.78 is 12.1. The minimum absolute atomic E-state index is 0.393. The summed E-state index contributed by atoms with van der Waals surface area (Å²) in [5.74, 6) is 1.37. The molecule has 0 heterocycles. The zero-order chi connectivity index (χ0) is 15.2. The van der Waals surface area contributed by atoms with Crippen molar-refractivity contribution in [1.82, 2.24) is 0 Å². The van der Waals surface area contributed by atoms with Crippen LogP contribution in [0.1, 0.15) is 18.6 Å². The number of benzene rings is 2. The van der Waals surface area contributed by atoms with Crippen molar-refractivity contribution < 1.29 is 14.6 Å². The number of ether oxygens (including phenoxy) is 2. The highest BCUT2D eigenvalue weighted by Crippen LogP contribution is 2.27. The van der Waals surface area contributed by atoms with Gasteiger partial charge in [0.2, 0.25) is 0 Å². The van der Waals surface area contributed by atoms with Crippen LogP contribution in [0, 0.1) is 0 Å². The lowest BCUT2D eigenvalue weighted by atomic mass is 10.1. The van der Waals surface area contributed by atoms with Gasteiger partial charge in [-0.1, -0.05) is 33.6 Å². The summed E-state index contributed by atoms with van der Waals surface area (Å²) in [5.41, 5.74) is 0.762. The Kier molecular flexibility index (Phi) is 5.91. The van der Waals surface area contributed by atoms with Crippen LogP contribution in [0.2, 0.25) is 5.02 Å². The predicted molar refractivity (Wildman–Crippen MR) is 87.2 cm³/mol. The molecule has 0 saturated heterocycles. The van der Waals surface area contributed by atoms with Crippen molar-refractivity contribution in [2.75, 3.05) is 13.2 Å². The predicted octanol–water partition coefficient (Wildman–Crippen LogP) is 4.61. The van der Waals surface area contributed by atoms with Crippen LogP contribution in [-0.2, 0) is 0 Å². The Labute approximate surface area is 137 Å². The lowest BCUT2D eigenvalue weighted by Gasteiger charge is -2.11. The molecule has 2 aromatic carbocycles. The molecule has 5 heteroatoms. The molecule has 0 radical (unpaired) electrons. The first kappa shape index (κ1) is 16.1. The van der Waals surface area contributed by atoms with Gasteiger partial charge >= 0.3 is 0 Å². The van der Waals surface area contributed by atoms with Crippen LogP contribution in [0.5, 0.6) is 11.5 Å². The standard InChI is InChI=1S/C16H16BrClO3/c1-11(19)12-2-7-16(15(18)10-12)21-9-8-20-14-5-3-13(17)4-6-14/h2-7,10-11,19H,8-9H2,1H3/t11-/m0/s1. The molecule has 0 fully saturated rings. The summed E-state index contributed by atoms with van der Waals surface area (Å²) in [5, 5.41) is 9.96. The van der Waals surface area contributed by atoms with Crippen molar-refractivity contribution in [3.63, 3.8) is 0 Å². The number of aliphatic hydroxyl groups is 1. The molecule has 0 saturated carbocycles. The van der Waals surface area contributed by atoms with E-state index < -0.39 is 6.10 Å². The van der Waals surface area contributed by atoms with E-state index in [2.05, 4.69) is 15.9 Å². The van der Waals surface area contributed by atoms with Gasteiger partial charge in [0, 0.05) is 4.47 Å². The van der Waals surface area contributed by atoms with Gasteiger partial charge in [0.25, 0.3) is 0 Å². The zero-order valence-electron chi connectivity index (χ0n) is 11.6. The molecule has 0 amide bonds. The Bertz CT molecular complexity index is 585. The third-order valence-electron chi connectivity index (χ3n) is 2.86. The molecular formula is C16H16BrClO3. The zero-order valence-corrected chi connectivity index (χ0v) is 13.9. The molecule has 1 atom stereocenters. The van der Waals surface area contributed by atoms with Gasteiger partial charge in [-0.3, -0.25) is 0 Å². The first-order valence-electron chi connectivity index (χ1n) is 6.55. The molecule has 0 spiro atoms. The number of hydrogen-bond donors (Lipinski definition) is 1. The summed E-state index contributed by atoms with van der Waals surface area (Å²) in [6, 6.07) is 12.9. The molecule has 1 N–H and O–H groups in total. The van der Waals surface area contributed by atoms with Crippen LogP contribution in [0.3, 0.4) is 0 Å². The van der Waals surface area contributed by atoms with Gasteiger partial charge in [0.15, 0.2) is 0 Å². The fourth-order valence-electron chi connectivity index (χ4n) is 1.74. The summed E-state index contributed by atoms with van der Waals surface area (Å²) >= 11 is 9.47. The third-order valence-corrected chi connectivity index (χ3v) is 3.69. The van der Waals surface area contributed by atoms with Crippen LogP contribution in [0.4, 0.5) is 0 Å². The van der Waals surface area contributed by atoms with Gasteiger partial charge in [-0.25, -0.2) is 0 Å². The van der Waals surface area contributed by atoms with Crippen LogP contribution >= 0.6 is 27.5 Å². The number of rotatable bonds is 6. The summed E-state index contributed by atoms with van der Waals surface area (Å²) in [6.45, 7) is 2.51. The molecule has 2 rings (SSSR count). The Morgan fingerprint density at radius 2 is 1.76 bits per heavy atom. The normalized spacial score (nSPS) is 12.0. The van der Waals surface area contributed by atoms with E-state index in [0.29, 0.717) is 24.0 Å². The maximum atomic E-state index is 9.48.